The number of hydrogen-bond acceptors (Lipinski definition) is 6. The molecule has 2 saturated heterocycles. The lowest BCUT2D eigenvalue weighted by Gasteiger charge is -2.31. The van der Waals surface area contributed by atoms with Crippen molar-refractivity contribution in [2.75, 3.05) is 39.5 Å². The number of aromatic amines is 1. The largest absolute Gasteiger partial charge is 0.376 e. The molecule has 0 aliphatic carbocycles. The van der Waals surface area contributed by atoms with Crippen LogP contribution in [0.25, 0.3) is 33.5 Å². The summed E-state index contributed by atoms with van der Waals surface area (Å²) in [5, 5.41) is 4.70. The van der Waals surface area contributed by atoms with E-state index in [2.05, 4.69) is 56.9 Å². The van der Waals surface area contributed by atoms with Crippen LogP contribution in [0.4, 0.5) is 0 Å². The van der Waals surface area contributed by atoms with Gasteiger partial charge in [0, 0.05) is 42.2 Å². The van der Waals surface area contributed by atoms with Gasteiger partial charge in [-0.2, -0.15) is 5.10 Å². The van der Waals surface area contributed by atoms with Gasteiger partial charge in [-0.1, -0.05) is 31.2 Å². The normalized spacial score (nSPS) is 20.2. The Labute approximate surface area is 198 Å². The summed E-state index contributed by atoms with van der Waals surface area (Å²) >= 11 is 0. The minimum atomic E-state index is -0.00149. The molecule has 1 unspecified atom stereocenters. The molecule has 1 atom stereocenters. The molecule has 8 nitrogen and oxygen atoms in total. The number of fused-ring (bicyclic) bond motifs is 1. The highest BCUT2D eigenvalue weighted by atomic mass is 16.6. The highest BCUT2D eigenvalue weighted by Crippen LogP contribution is 2.31. The lowest BCUT2D eigenvalue weighted by Crippen LogP contribution is -2.34. The summed E-state index contributed by atoms with van der Waals surface area (Å²) in [6, 6.07) is 8.80. The lowest BCUT2D eigenvalue weighted by molar-refractivity contribution is -0.0901. The first-order valence-electron chi connectivity index (χ1n) is 12.2. The number of benzene rings is 1. The van der Waals surface area contributed by atoms with Gasteiger partial charge in [0.25, 0.3) is 0 Å². The third kappa shape index (κ3) is 4.13. The van der Waals surface area contributed by atoms with E-state index in [1.54, 1.807) is 0 Å². The van der Waals surface area contributed by atoms with Gasteiger partial charge in [-0.05, 0) is 24.9 Å². The van der Waals surface area contributed by atoms with E-state index in [-0.39, 0.29) is 6.10 Å². The molecule has 0 amide bonds. The number of aromatic nitrogens is 5. The van der Waals surface area contributed by atoms with Crippen LogP contribution in [0.2, 0.25) is 0 Å². The number of H-pyrrole nitrogens is 1. The molecule has 1 aromatic carbocycles. The van der Waals surface area contributed by atoms with Crippen molar-refractivity contribution in [3.8, 4) is 22.4 Å². The first-order valence-corrected chi connectivity index (χ1v) is 12.2. The SMILES string of the molecule is CCN1CCC(n2cc(-c3c[nH]c4ncc(-c5ccc(C6COCCO6)cc5)nc34)cn2)CC1. The van der Waals surface area contributed by atoms with Crippen molar-refractivity contribution in [3.63, 3.8) is 0 Å². The Bertz CT molecular complexity index is 1250. The smallest absolute Gasteiger partial charge is 0.156 e. The summed E-state index contributed by atoms with van der Waals surface area (Å²) < 4.78 is 13.5. The molecular weight excluding hydrogens is 428 g/mol. The molecule has 2 aliphatic rings. The van der Waals surface area contributed by atoms with Crippen molar-refractivity contribution in [2.24, 2.45) is 0 Å². The van der Waals surface area contributed by atoms with Crippen LogP contribution in [0, 0.1) is 0 Å². The van der Waals surface area contributed by atoms with Crippen LogP contribution < -0.4 is 0 Å². The van der Waals surface area contributed by atoms with Gasteiger partial charge in [0.15, 0.2) is 5.65 Å². The third-order valence-corrected chi connectivity index (χ3v) is 7.07. The van der Waals surface area contributed by atoms with Gasteiger partial charge >= 0.3 is 0 Å². The molecule has 0 radical (unpaired) electrons. The van der Waals surface area contributed by atoms with Crippen LogP contribution in [-0.4, -0.2) is 69.1 Å². The van der Waals surface area contributed by atoms with E-state index < -0.39 is 0 Å². The van der Waals surface area contributed by atoms with Gasteiger partial charge in [0.05, 0.1) is 44.0 Å². The fraction of sp³-hybridized carbons (Fsp3) is 0.423. The average molecular weight is 459 g/mol. The predicted molar refractivity (Wildman–Crippen MR) is 130 cm³/mol. The number of ether oxygens (including phenoxy) is 2. The van der Waals surface area contributed by atoms with Crippen molar-refractivity contribution in [1.29, 1.82) is 0 Å². The second-order valence-electron chi connectivity index (χ2n) is 9.09. The van der Waals surface area contributed by atoms with E-state index in [9.17, 15) is 0 Å². The van der Waals surface area contributed by atoms with Crippen LogP contribution in [0.3, 0.4) is 0 Å². The summed E-state index contributed by atoms with van der Waals surface area (Å²) in [5.74, 6) is 0. The number of rotatable bonds is 5. The van der Waals surface area contributed by atoms with E-state index in [1.807, 2.05) is 18.6 Å². The minimum absolute atomic E-state index is 0.00149. The zero-order chi connectivity index (χ0) is 22.9. The van der Waals surface area contributed by atoms with Crippen molar-refractivity contribution >= 4 is 11.2 Å². The summed E-state index contributed by atoms with van der Waals surface area (Å²) in [4.78, 5) is 15.4. The maximum Gasteiger partial charge on any atom is 0.156 e. The van der Waals surface area contributed by atoms with E-state index in [1.165, 1.54) is 0 Å². The average Bonchev–Trinajstić information content (AvgIpc) is 3.56. The van der Waals surface area contributed by atoms with Crippen molar-refractivity contribution in [1.82, 2.24) is 29.6 Å². The molecule has 34 heavy (non-hydrogen) atoms. The zero-order valence-corrected chi connectivity index (χ0v) is 19.5. The third-order valence-electron chi connectivity index (χ3n) is 7.07. The molecule has 0 spiro atoms. The van der Waals surface area contributed by atoms with Gasteiger partial charge in [0.2, 0.25) is 0 Å². The molecule has 8 heteroatoms. The Morgan fingerprint density at radius 2 is 1.91 bits per heavy atom. The first kappa shape index (κ1) is 21.5. The highest BCUT2D eigenvalue weighted by Gasteiger charge is 2.21. The predicted octanol–water partition coefficient (Wildman–Crippen LogP) is 4.23. The van der Waals surface area contributed by atoms with Crippen molar-refractivity contribution < 1.29 is 9.47 Å². The standard InChI is InChI=1S/C26H30N6O2/c1-2-31-9-7-21(8-10-31)32-16-20(13-29-32)22-14-27-26-25(22)30-23(15-28-26)18-3-5-19(6-4-18)24-17-33-11-12-34-24/h3-6,13-16,21,24H,2,7-12,17H2,1H3,(H,27,28). The van der Waals surface area contributed by atoms with E-state index in [4.69, 9.17) is 19.6 Å². The zero-order valence-electron chi connectivity index (χ0n) is 19.5. The topological polar surface area (TPSA) is 81.1 Å². The van der Waals surface area contributed by atoms with E-state index in [0.717, 1.165) is 71.6 Å². The number of nitrogens with zero attached hydrogens (tertiary/aromatic N) is 5. The van der Waals surface area contributed by atoms with Crippen LogP contribution >= 0.6 is 0 Å². The van der Waals surface area contributed by atoms with Gasteiger partial charge in [-0.3, -0.25) is 4.68 Å². The summed E-state index contributed by atoms with van der Waals surface area (Å²) in [5.41, 5.74) is 6.75. The summed E-state index contributed by atoms with van der Waals surface area (Å²) in [6.45, 7) is 7.53. The minimum Gasteiger partial charge on any atom is -0.376 e. The van der Waals surface area contributed by atoms with Gasteiger partial charge in [-0.15, -0.1) is 0 Å². The van der Waals surface area contributed by atoms with Crippen molar-refractivity contribution in [2.45, 2.75) is 31.9 Å². The molecule has 0 bridgehead atoms. The Hall–Kier alpha value is -3.07. The quantitative estimate of drug-likeness (QED) is 0.482. The maximum absolute atomic E-state index is 5.81. The number of nitrogens with one attached hydrogen (secondary N) is 1. The van der Waals surface area contributed by atoms with Crippen LogP contribution in [-0.2, 0) is 9.47 Å². The fourth-order valence-corrected chi connectivity index (χ4v) is 4.98. The monoisotopic (exact) mass is 458 g/mol. The molecule has 176 valence electrons. The Morgan fingerprint density at radius 3 is 2.68 bits per heavy atom. The molecule has 0 saturated carbocycles. The van der Waals surface area contributed by atoms with Crippen molar-refractivity contribution in [3.05, 3.63) is 54.6 Å². The second-order valence-corrected chi connectivity index (χ2v) is 9.09. The summed E-state index contributed by atoms with van der Waals surface area (Å²) in [6.07, 6.45) is 10.2. The Kier molecular flexibility index (Phi) is 5.86. The molecule has 2 fully saturated rings. The molecule has 3 aromatic heterocycles. The highest BCUT2D eigenvalue weighted by molar-refractivity contribution is 5.91. The summed E-state index contributed by atoms with van der Waals surface area (Å²) in [7, 11) is 0. The number of likely N-dealkylation sites (tertiary alicyclic amines) is 1. The van der Waals surface area contributed by atoms with Crippen LogP contribution in [0.15, 0.2) is 49.1 Å². The maximum atomic E-state index is 5.81. The first-order chi connectivity index (χ1) is 16.8. The van der Waals surface area contributed by atoms with E-state index in [0.29, 0.717) is 25.9 Å². The molecule has 1 N–H and O–H groups in total. The van der Waals surface area contributed by atoms with Crippen LogP contribution in [0.5, 0.6) is 0 Å². The molecule has 4 aromatic rings. The number of hydrogen-bond donors (Lipinski definition) is 1. The Balaban J connectivity index is 1.25. The van der Waals surface area contributed by atoms with Gasteiger partial charge in [-0.25, -0.2) is 9.97 Å². The number of piperidine rings is 1. The fourth-order valence-electron chi connectivity index (χ4n) is 4.98. The van der Waals surface area contributed by atoms with Crippen LogP contribution in [0.1, 0.15) is 37.5 Å². The molecular formula is C26H30N6O2. The Morgan fingerprint density at radius 1 is 1.06 bits per heavy atom. The van der Waals surface area contributed by atoms with Gasteiger partial charge < -0.3 is 19.4 Å². The lowest BCUT2D eigenvalue weighted by atomic mass is 10.0. The second kappa shape index (κ2) is 9.29. The molecule has 2 aliphatic heterocycles. The molecule has 5 heterocycles. The van der Waals surface area contributed by atoms with E-state index >= 15 is 0 Å². The molecule has 6 rings (SSSR count). The van der Waals surface area contributed by atoms with Gasteiger partial charge in [0.1, 0.15) is 11.6 Å².